The molecule has 0 aliphatic heterocycles. The molecule has 0 atom stereocenters. The average Bonchev–Trinajstić information content (AvgIpc) is 2.41. The van der Waals surface area contributed by atoms with Gasteiger partial charge in [-0.3, -0.25) is 9.59 Å². The number of aryl methyl sites for hydroxylation is 1. The molecule has 0 heterocycles. The lowest BCUT2D eigenvalue weighted by Gasteiger charge is -2.18. The molecule has 0 saturated heterocycles. The number of carbonyl (C=O) groups excluding carboxylic acids is 2. The third-order valence-electron chi connectivity index (χ3n) is 2.85. The number of likely N-dealkylation sites (N-methyl/N-ethyl adjacent to an activating group) is 1. The van der Waals surface area contributed by atoms with E-state index in [1.54, 1.807) is 32.4 Å². The zero-order valence-electron chi connectivity index (χ0n) is 12.1. The third-order valence-corrected chi connectivity index (χ3v) is 2.85. The molecule has 0 radical (unpaired) electrons. The third kappa shape index (κ3) is 4.55. The summed E-state index contributed by atoms with van der Waals surface area (Å²) in [5.41, 5.74) is 7.55. The number of benzene rings is 1. The predicted molar refractivity (Wildman–Crippen MR) is 77.4 cm³/mol. The maximum Gasteiger partial charge on any atom is 0.254 e. The number of hydrogen-bond acceptors (Lipinski definition) is 4. The van der Waals surface area contributed by atoms with Crippen LogP contribution in [-0.4, -0.2) is 50.6 Å². The Kier molecular flexibility index (Phi) is 5.99. The molecule has 0 saturated carbocycles. The highest BCUT2D eigenvalue weighted by Gasteiger charge is 2.16. The van der Waals surface area contributed by atoms with Crippen molar-refractivity contribution in [1.82, 2.24) is 10.2 Å². The SMILES string of the molecule is COCCNC(=O)CN(C)C(=O)c1cc(N)ccc1C. The summed E-state index contributed by atoms with van der Waals surface area (Å²) in [5.74, 6) is -0.448. The monoisotopic (exact) mass is 279 g/mol. The van der Waals surface area contributed by atoms with Gasteiger partial charge in [-0.25, -0.2) is 0 Å². The Bertz CT molecular complexity index is 489. The van der Waals surface area contributed by atoms with Gasteiger partial charge in [0.2, 0.25) is 5.91 Å². The van der Waals surface area contributed by atoms with Gasteiger partial charge in [0, 0.05) is 32.0 Å². The van der Waals surface area contributed by atoms with Gasteiger partial charge in [-0.15, -0.1) is 0 Å². The van der Waals surface area contributed by atoms with E-state index in [2.05, 4.69) is 5.32 Å². The Morgan fingerprint density at radius 1 is 1.40 bits per heavy atom. The van der Waals surface area contributed by atoms with Crippen molar-refractivity contribution >= 4 is 17.5 Å². The molecule has 0 aromatic heterocycles. The van der Waals surface area contributed by atoms with Crippen LogP contribution in [0, 0.1) is 6.92 Å². The minimum atomic E-state index is -0.225. The lowest BCUT2D eigenvalue weighted by Crippen LogP contribution is -2.39. The first-order valence-electron chi connectivity index (χ1n) is 6.33. The number of hydrogen-bond donors (Lipinski definition) is 2. The Balaban J connectivity index is 2.62. The fourth-order valence-electron chi connectivity index (χ4n) is 1.71. The zero-order chi connectivity index (χ0) is 15.1. The van der Waals surface area contributed by atoms with Crippen LogP contribution in [0.1, 0.15) is 15.9 Å². The van der Waals surface area contributed by atoms with Crippen molar-refractivity contribution in [1.29, 1.82) is 0 Å². The first-order valence-corrected chi connectivity index (χ1v) is 6.33. The van der Waals surface area contributed by atoms with Gasteiger partial charge >= 0.3 is 0 Å². The van der Waals surface area contributed by atoms with E-state index in [9.17, 15) is 9.59 Å². The van der Waals surface area contributed by atoms with Gasteiger partial charge in [-0.2, -0.15) is 0 Å². The first-order chi connectivity index (χ1) is 9.45. The van der Waals surface area contributed by atoms with Crippen molar-refractivity contribution in [3.8, 4) is 0 Å². The van der Waals surface area contributed by atoms with Crippen molar-refractivity contribution in [3.05, 3.63) is 29.3 Å². The highest BCUT2D eigenvalue weighted by molar-refractivity contribution is 5.98. The number of ether oxygens (including phenoxy) is 1. The fourth-order valence-corrected chi connectivity index (χ4v) is 1.71. The summed E-state index contributed by atoms with van der Waals surface area (Å²) in [6.45, 7) is 2.70. The summed E-state index contributed by atoms with van der Waals surface area (Å²) >= 11 is 0. The van der Waals surface area contributed by atoms with Crippen molar-refractivity contribution < 1.29 is 14.3 Å². The van der Waals surface area contributed by atoms with Gasteiger partial charge < -0.3 is 20.7 Å². The molecule has 3 N–H and O–H groups in total. The molecule has 0 aliphatic carbocycles. The van der Waals surface area contributed by atoms with Gasteiger partial charge in [0.25, 0.3) is 5.91 Å². The average molecular weight is 279 g/mol. The van der Waals surface area contributed by atoms with Crippen LogP contribution in [-0.2, 0) is 9.53 Å². The highest BCUT2D eigenvalue weighted by atomic mass is 16.5. The van der Waals surface area contributed by atoms with Crippen LogP contribution in [0.3, 0.4) is 0 Å². The number of nitrogen functional groups attached to an aromatic ring is 1. The smallest absolute Gasteiger partial charge is 0.254 e. The number of amides is 2. The molecular weight excluding hydrogens is 258 g/mol. The van der Waals surface area contributed by atoms with Crippen LogP contribution in [0.2, 0.25) is 0 Å². The molecule has 0 aliphatic rings. The van der Waals surface area contributed by atoms with Gasteiger partial charge in [-0.05, 0) is 24.6 Å². The summed E-state index contributed by atoms with van der Waals surface area (Å²) in [6, 6.07) is 5.15. The van der Waals surface area contributed by atoms with E-state index in [4.69, 9.17) is 10.5 Å². The predicted octanol–water partition coefficient (Wildman–Crippen LogP) is 0.412. The molecule has 1 aromatic carbocycles. The van der Waals surface area contributed by atoms with Crippen molar-refractivity contribution in [3.63, 3.8) is 0 Å². The number of rotatable bonds is 6. The van der Waals surface area contributed by atoms with Gasteiger partial charge in [0.1, 0.15) is 0 Å². The maximum absolute atomic E-state index is 12.2. The van der Waals surface area contributed by atoms with Crippen molar-refractivity contribution in [2.45, 2.75) is 6.92 Å². The highest BCUT2D eigenvalue weighted by Crippen LogP contribution is 2.14. The molecule has 110 valence electrons. The van der Waals surface area contributed by atoms with Crippen LogP contribution >= 0.6 is 0 Å². The summed E-state index contributed by atoms with van der Waals surface area (Å²) in [5, 5.41) is 2.66. The molecule has 0 spiro atoms. The van der Waals surface area contributed by atoms with Gasteiger partial charge in [0.05, 0.1) is 13.2 Å². The van der Waals surface area contributed by atoms with Crippen LogP contribution in [0.5, 0.6) is 0 Å². The molecule has 2 amide bonds. The number of nitrogens with two attached hydrogens (primary N) is 1. The van der Waals surface area contributed by atoms with Crippen LogP contribution < -0.4 is 11.1 Å². The van der Waals surface area contributed by atoms with E-state index >= 15 is 0 Å². The molecule has 0 bridgehead atoms. The largest absolute Gasteiger partial charge is 0.399 e. The topological polar surface area (TPSA) is 84.7 Å². The molecule has 6 nitrogen and oxygen atoms in total. The standard InChI is InChI=1S/C14H21N3O3/c1-10-4-5-11(15)8-12(10)14(19)17(2)9-13(18)16-6-7-20-3/h4-5,8H,6-7,9,15H2,1-3H3,(H,16,18). The lowest BCUT2D eigenvalue weighted by molar-refractivity contribution is -0.121. The normalized spacial score (nSPS) is 10.2. The van der Waals surface area contributed by atoms with Crippen molar-refractivity contribution in [2.24, 2.45) is 0 Å². The lowest BCUT2D eigenvalue weighted by atomic mass is 10.1. The minimum absolute atomic E-state index is 0.00319. The van der Waals surface area contributed by atoms with Gasteiger partial charge in [0.15, 0.2) is 0 Å². The van der Waals surface area contributed by atoms with E-state index in [1.165, 1.54) is 4.90 Å². The van der Waals surface area contributed by atoms with E-state index in [0.717, 1.165) is 5.56 Å². The second kappa shape index (κ2) is 7.49. The second-order valence-corrected chi connectivity index (χ2v) is 4.58. The molecule has 1 rings (SSSR count). The first kappa shape index (κ1) is 16.0. The van der Waals surface area contributed by atoms with E-state index in [1.807, 2.05) is 6.92 Å². The summed E-state index contributed by atoms with van der Waals surface area (Å²) in [7, 11) is 3.14. The molecule has 20 heavy (non-hydrogen) atoms. The van der Waals surface area contributed by atoms with E-state index in [0.29, 0.717) is 24.4 Å². The Morgan fingerprint density at radius 2 is 2.10 bits per heavy atom. The Morgan fingerprint density at radius 3 is 2.75 bits per heavy atom. The fraction of sp³-hybridized carbons (Fsp3) is 0.429. The maximum atomic E-state index is 12.2. The Labute approximate surface area is 118 Å². The quantitative estimate of drug-likeness (QED) is 0.583. The number of anilines is 1. The van der Waals surface area contributed by atoms with Gasteiger partial charge in [-0.1, -0.05) is 6.07 Å². The number of nitrogens with zero attached hydrogens (tertiary/aromatic N) is 1. The number of nitrogens with one attached hydrogen (secondary N) is 1. The molecule has 6 heteroatoms. The second-order valence-electron chi connectivity index (χ2n) is 4.58. The molecule has 0 unspecified atom stereocenters. The van der Waals surface area contributed by atoms with Crippen LogP contribution in [0.25, 0.3) is 0 Å². The summed E-state index contributed by atoms with van der Waals surface area (Å²) in [6.07, 6.45) is 0. The minimum Gasteiger partial charge on any atom is -0.399 e. The Hall–Kier alpha value is -2.08. The number of methoxy groups -OCH3 is 1. The van der Waals surface area contributed by atoms with E-state index in [-0.39, 0.29) is 18.4 Å². The molecular formula is C14H21N3O3. The van der Waals surface area contributed by atoms with Crippen LogP contribution in [0.15, 0.2) is 18.2 Å². The summed E-state index contributed by atoms with van der Waals surface area (Å²) in [4.78, 5) is 25.2. The van der Waals surface area contributed by atoms with E-state index < -0.39 is 0 Å². The number of carbonyl (C=O) groups is 2. The zero-order valence-corrected chi connectivity index (χ0v) is 12.1. The summed E-state index contributed by atoms with van der Waals surface area (Å²) < 4.78 is 4.83. The molecule has 1 aromatic rings. The van der Waals surface area contributed by atoms with Crippen molar-refractivity contribution in [2.75, 3.05) is 39.6 Å². The van der Waals surface area contributed by atoms with Crippen LogP contribution in [0.4, 0.5) is 5.69 Å². The molecule has 0 fully saturated rings.